The predicted octanol–water partition coefficient (Wildman–Crippen LogP) is 2.50. The molecular formula is C16H23BrN2O4. The first-order valence-corrected chi connectivity index (χ1v) is 8.06. The average molecular weight is 387 g/mol. The van der Waals surface area contributed by atoms with Crippen molar-refractivity contribution in [3.8, 4) is 11.5 Å². The van der Waals surface area contributed by atoms with E-state index in [1.54, 1.807) is 12.1 Å². The second-order valence-corrected chi connectivity index (χ2v) is 6.76. The molecule has 1 aromatic rings. The molecule has 0 radical (unpaired) electrons. The molecule has 128 valence electrons. The Balaban J connectivity index is 2.81. The second-order valence-electron chi connectivity index (χ2n) is 5.90. The van der Waals surface area contributed by atoms with Crippen molar-refractivity contribution < 1.29 is 19.1 Å². The monoisotopic (exact) mass is 386 g/mol. The van der Waals surface area contributed by atoms with E-state index in [1.165, 1.54) is 7.11 Å². The molecule has 0 unspecified atom stereocenters. The van der Waals surface area contributed by atoms with Gasteiger partial charge < -0.3 is 20.1 Å². The van der Waals surface area contributed by atoms with Gasteiger partial charge in [-0.3, -0.25) is 9.59 Å². The zero-order valence-corrected chi connectivity index (χ0v) is 15.7. The van der Waals surface area contributed by atoms with Crippen LogP contribution in [-0.4, -0.2) is 37.6 Å². The van der Waals surface area contributed by atoms with Crippen LogP contribution < -0.4 is 20.1 Å². The highest BCUT2D eigenvalue weighted by molar-refractivity contribution is 9.10. The second kappa shape index (κ2) is 8.19. The highest BCUT2D eigenvalue weighted by Gasteiger charge is 2.17. The molecule has 1 aromatic carbocycles. The van der Waals surface area contributed by atoms with E-state index in [0.29, 0.717) is 28.1 Å². The van der Waals surface area contributed by atoms with E-state index >= 15 is 0 Å². The fraction of sp³-hybridized carbons (Fsp3) is 0.500. The van der Waals surface area contributed by atoms with E-state index in [1.807, 2.05) is 27.7 Å². The zero-order chi connectivity index (χ0) is 17.6. The number of amides is 2. The van der Waals surface area contributed by atoms with Crippen LogP contribution in [0.2, 0.25) is 0 Å². The number of hydrogen-bond donors (Lipinski definition) is 2. The van der Waals surface area contributed by atoms with Gasteiger partial charge in [-0.15, -0.1) is 0 Å². The molecule has 2 N–H and O–H groups in total. The summed E-state index contributed by atoms with van der Waals surface area (Å²) in [5, 5.41) is 5.36. The smallest absolute Gasteiger partial charge is 0.251 e. The van der Waals surface area contributed by atoms with Gasteiger partial charge in [0.15, 0.2) is 11.5 Å². The maximum Gasteiger partial charge on any atom is 0.251 e. The highest BCUT2D eigenvalue weighted by atomic mass is 79.9. The van der Waals surface area contributed by atoms with E-state index in [4.69, 9.17) is 9.47 Å². The summed E-state index contributed by atoms with van der Waals surface area (Å²) in [6, 6.07) is 3.21. The molecule has 0 saturated heterocycles. The molecule has 23 heavy (non-hydrogen) atoms. The lowest BCUT2D eigenvalue weighted by molar-refractivity contribution is -0.121. The Bertz CT molecular complexity index is 582. The molecule has 0 bridgehead atoms. The van der Waals surface area contributed by atoms with Crippen LogP contribution in [-0.2, 0) is 4.79 Å². The van der Waals surface area contributed by atoms with Crippen molar-refractivity contribution in [1.29, 1.82) is 0 Å². The van der Waals surface area contributed by atoms with Crippen molar-refractivity contribution in [2.45, 2.75) is 33.2 Å². The summed E-state index contributed by atoms with van der Waals surface area (Å²) in [4.78, 5) is 23.9. The first kappa shape index (κ1) is 19.3. The topological polar surface area (TPSA) is 76.7 Å². The van der Waals surface area contributed by atoms with Gasteiger partial charge in [-0.05, 0) is 55.8 Å². The lowest BCUT2D eigenvalue weighted by atomic mass is 10.1. The minimum atomic E-state index is -0.365. The maximum absolute atomic E-state index is 12.2. The fourth-order valence-corrected chi connectivity index (χ4v) is 2.42. The number of carbonyl (C=O) groups is 2. The summed E-state index contributed by atoms with van der Waals surface area (Å²) in [7, 11) is 1.50. The third kappa shape index (κ3) is 6.09. The third-order valence-electron chi connectivity index (χ3n) is 2.70. The van der Waals surface area contributed by atoms with Crippen LogP contribution in [0, 0.1) is 0 Å². The molecule has 0 spiro atoms. The first-order chi connectivity index (χ1) is 10.7. The minimum absolute atomic E-state index is 0.0940. The number of nitrogens with one attached hydrogen (secondary N) is 2. The van der Waals surface area contributed by atoms with Crippen molar-refractivity contribution in [1.82, 2.24) is 10.6 Å². The van der Waals surface area contributed by atoms with Gasteiger partial charge in [0.2, 0.25) is 5.91 Å². The third-order valence-corrected chi connectivity index (χ3v) is 3.29. The standard InChI is InChI=1S/C16H23BrN2O4/c1-6-23-14-11(17)7-10(8-12(14)22-5)15(21)18-9-13(20)19-16(2,3)4/h7-8H,6,9H2,1-5H3,(H,18,21)(H,19,20). The predicted molar refractivity (Wildman–Crippen MR) is 92.1 cm³/mol. The molecule has 2 amide bonds. The molecular weight excluding hydrogens is 364 g/mol. The first-order valence-electron chi connectivity index (χ1n) is 7.27. The number of ether oxygens (including phenoxy) is 2. The number of methoxy groups -OCH3 is 1. The Morgan fingerprint density at radius 3 is 2.43 bits per heavy atom. The summed E-state index contributed by atoms with van der Waals surface area (Å²) < 4.78 is 11.3. The molecule has 0 aliphatic rings. The molecule has 6 nitrogen and oxygen atoms in total. The van der Waals surface area contributed by atoms with Gasteiger partial charge in [0.1, 0.15) is 0 Å². The van der Waals surface area contributed by atoms with Gasteiger partial charge in [0.25, 0.3) is 5.91 Å². The van der Waals surface area contributed by atoms with Gasteiger partial charge in [0, 0.05) is 11.1 Å². The Kier molecular flexibility index (Phi) is 6.87. The molecule has 0 aromatic heterocycles. The van der Waals surface area contributed by atoms with Crippen molar-refractivity contribution in [2.24, 2.45) is 0 Å². The molecule has 0 saturated carbocycles. The fourth-order valence-electron chi connectivity index (χ4n) is 1.86. The van der Waals surface area contributed by atoms with Crippen LogP contribution >= 0.6 is 15.9 Å². The Morgan fingerprint density at radius 1 is 1.26 bits per heavy atom. The quantitative estimate of drug-likeness (QED) is 0.787. The normalized spacial score (nSPS) is 10.9. The van der Waals surface area contributed by atoms with Gasteiger partial charge in [-0.25, -0.2) is 0 Å². The maximum atomic E-state index is 12.2. The van der Waals surface area contributed by atoms with E-state index in [9.17, 15) is 9.59 Å². The van der Waals surface area contributed by atoms with E-state index < -0.39 is 0 Å². The van der Waals surface area contributed by atoms with Crippen LogP contribution in [0.15, 0.2) is 16.6 Å². The number of halogens is 1. The molecule has 1 rings (SSSR count). The van der Waals surface area contributed by atoms with Crippen LogP contribution in [0.3, 0.4) is 0 Å². The number of carbonyl (C=O) groups excluding carboxylic acids is 2. The van der Waals surface area contributed by atoms with Crippen LogP contribution in [0.1, 0.15) is 38.1 Å². The van der Waals surface area contributed by atoms with Crippen molar-refractivity contribution in [3.05, 3.63) is 22.2 Å². The summed E-state index contributed by atoms with van der Waals surface area (Å²) >= 11 is 3.36. The number of rotatable bonds is 6. The van der Waals surface area contributed by atoms with Gasteiger partial charge in [-0.1, -0.05) is 0 Å². The van der Waals surface area contributed by atoms with E-state index in [2.05, 4.69) is 26.6 Å². The summed E-state index contributed by atoms with van der Waals surface area (Å²) in [6.07, 6.45) is 0. The van der Waals surface area contributed by atoms with E-state index in [-0.39, 0.29) is 23.9 Å². The largest absolute Gasteiger partial charge is 0.493 e. The summed E-state index contributed by atoms with van der Waals surface area (Å²) in [6.45, 7) is 7.88. The zero-order valence-electron chi connectivity index (χ0n) is 14.1. The van der Waals surface area contributed by atoms with E-state index in [0.717, 1.165) is 0 Å². The van der Waals surface area contributed by atoms with Crippen LogP contribution in [0.25, 0.3) is 0 Å². The van der Waals surface area contributed by atoms with Crippen molar-refractivity contribution in [2.75, 3.05) is 20.3 Å². The molecule has 0 atom stereocenters. The highest BCUT2D eigenvalue weighted by Crippen LogP contribution is 2.36. The molecule has 0 aliphatic carbocycles. The lowest BCUT2D eigenvalue weighted by Gasteiger charge is -2.20. The minimum Gasteiger partial charge on any atom is -0.493 e. The molecule has 0 aliphatic heterocycles. The van der Waals surface area contributed by atoms with Crippen LogP contribution in [0.5, 0.6) is 11.5 Å². The summed E-state index contributed by atoms with van der Waals surface area (Å²) in [5.41, 5.74) is 0.0356. The molecule has 7 heteroatoms. The molecule has 0 fully saturated rings. The van der Waals surface area contributed by atoms with Crippen molar-refractivity contribution in [3.63, 3.8) is 0 Å². The Labute approximate surface area is 145 Å². The van der Waals surface area contributed by atoms with Crippen LogP contribution in [0.4, 0.5) is 0 Å². The number of benzene rings is 1. The van der Waals surface area contributed by atoms with Crippen molar-refractivity contribution >= 4 is 27.7 Å². The average Bonchev–Trinajstić information content (AvgIpc) is 2.44. The SMILES string of the molecule is CCOc1c(Br)cc(C(=O)NCC(=O)NC(C)(C)C)cc1OC. The Hall–Kier alpha value is -1.76. The van der Waals surface area contributed by atoms with Gasteiger partial charge in [0.05, 0.1) is 24.7 Å². The number of hydrogen-bond acceptors (Lipinski definition) is 4. The molecule has 0 heterocycles. The summed E-state index contributed by atoms with van der Waals surface area (Å²) in [5.74, 6) is 0.376. The lowest BCUT2D eigenvalue weighted by Crippen LogP contribution is -2.45. The Morgan fingerprint density at radius 2 is 1.91 bits per heavy atom. The van der Waals surface area contributed by atoms with Gasteiger partial charge >= 0.3 is 0 Å². The van der Waals surface area contributed by atoms with Gasteiger partial charge in [-0.2, -0.15) is 0 Å².